The molecule has 0 unspecified atom stereocenters. The van der Waals surface area contributed by atoms with Crippen LogP contribution in [0, 0.1) is 0 Å². The van der Waals surface area contributed by atoms with Crippen molar-refractivity contribution in [2.45, 2.75) is 52.0 Å². The number of halogens is 1. The minimum atomic E-state index is -0.419. The van der Waals surface area contributed by atoms with Crippen LogP contribution in [-0.4, -0.2) is 32.8 Å². The third kappa shape index (κ3) is 4.55. The molecule has 3 rings (SSSR count). The summed E-state index contributed by atoms with van der Waals surface area (Å²) in [5, 5.41) is 14.9. The third-order valence-electron chi connectivity index (χ3n) is 4.60. The number of benzene rings is 1. The van der Waals surface area contributed by atoms with Gasteiger partial charge in [0.05, 0.1) is 12.2 Å². The fourth-order valence-corrected chi connectivity index (χ4v) is 3.44. The number of rotatable bonds is 8. The van der Waals surface area contributed by atoms with Gasteiger partial charge in [0, 0.05) is 10.2 Å². The van der Waals surface area contributed by atoms with E-state index >= 15 is 0 Å². The molecule has 8 heteroatoms. The van der Waals surface area contributed by atoms with Crippen molar-refractivity contribution in [1.29, 1.82) is 0 Å². The first-order valence-corrected chi connectivity index (χ1v) is 10.1. The van der Waals surface area contributed by atoms with Crippen LogP contribution in [-0.2, 0) is 9.53 Å². The van der Waals surface area contributed by atoms with Gasteiger partial charge in [-0.05, 0) is 41.5 Å². The summed E-state index contributed by atoms with van der Waals surface area (Å²) in [5.41, 5.74) is 2.16. The largest absolute Gasteiger partial charge is 0.462 e. The van der Waals surface area contributed by atoms with E-state index in [1.54, 1.807) is 4.68 Å². The fraction of sp³-hybridized carbons (Fsp3) is 0.474. The SMILES string of the molecule is CCCCCCCOC(=O)C1=C(C)Nc2nnnn2[C@@H]1c1ccc(Br)cc1. The van der Waals surface area contributed by atoms with E-state index in [0.717, 1.165) is 22.9 Å². The first kappa shape index (κ1) is 19.5. The molecule has 0 aliphatic carbocycles. The van der Waals surface area contributed by atoms with E-state index in [0.29, 0.717) is 23.8 Å². The molecule has 144 valence electrons. The van der Waals surface area contributed by atoms with Crippen molar-refractivity contribution in [2.75, 3.05) is 11.9 Å². The summed E-state index contributed by atoms with van der Waals surface area (Å²) in [6.45, 7) is 4.46. The van der Waals surface area contributed by atoms with E-state index in [1.807, 2.05) is 31.2 Å². The Morgan fingerprint density at radius 2 is 1.96 bits per heavy atom. The number of ether oxygens (including phenoxy) is 1. The van der Waals surface area contributed by atoms with Crippen molar-refractivity contribution < 1.29 is 9.53 Å². The molecule has 0 radical (unpaired) electrons. The van der Waals surface area contributed by atoms with Gasteiger partial charge in [-0.3, -0.25) is 0 Å². The normalized spacial score (nSPS) is 16.0. The summed E-state index contributed by atoms with van der Waals surface area (Å²) < 4.78 is 8.16. The second kappa shape index (κ2) is 9.12. The maximum atomic E-state index is 12.9. The Balaban J connectivity index is 1.78. The Labute approximate surface area is 167 Å². The van der Waals surface area contributed by atoms with Crippen molar-refractivity contribution in [2.24, 2.45) is 0 Å². The van der Waals surface area contributed by atoms with E-state index in [9.17, 15) is 4.79 Å². The first-order chi connectivity index (χ1) is 13.1. The quantitative estimate of drug-likeness (QED) is 0.495. The number of allylic oxidation sites excluding steroid dienone is 1. The first-order valence-electron chi connectivity index (χ1n) is 9.30. The van der Waals surface area contributed by atoms with Crippen LogP contribution in [0.3, 0.4) is 0 Å². The minimum Gasteiger partial charge on any atom is -0.462 e. The average Bonchev–Trinajstić information content (AvgIpc) is 3.12. The summed E-state index contributed by atoms with van der Waals surface area (Å²) >= 11 is 3.45. The molecule has 7 nitrogen and oxygen atoms in total. The highest BCUT2D eigenvalue weighted by Gasteiger charge is 2.34. The van der Waals surface area contributed by atoms with Crippen LogP contribution in [0.4, 0.5) is 5.95 Å². The number of nitrogens with one attached hydrogen (secondary N) is 1. The molecule has 1 aromatic heterocycles. The highest BCUT2D eigenvalue weighted by molar-refractivity contribution is 9.10. The number of tetrazole rings is 1. The molecule has 0 amide bonds. The van der Waals surface area contributed by atoms with Gasteiger partial charge in [0.15, 0.2) is 0 Å². The molecular weight excluding hydrogens is 410 g/mol. The monoisotopic (exact) mass is 433 g/mol. The number of nitrogens with zero attached hydrogens (tertiary/aromatic N) is 4. The molecule has 0 saturated heterocycles. The molecule has 27 heavy (non-hydrogen) atoms. The van der Waals surface area contributed by atoms with Crippen LogP contribution >= 0.6 is 15.9 Å². The van der Waals surface area contributed by atoms with E-state index in [1.165, 1.54) is 19.3 Å². The Bertz CT molecular complexity index is 816. The number of unbranched alkanes of at least 4 members (excludes halogenated alkanes) is 4. The topological polar surface area (TPSA) is 81.9 Å². The van der Waals surface area contributed by atoms with E-state index in [4.69, 9.17) is 4.74 Å². The molecule has 1 N–H and O–H groups in total. The van der Waals surface area contributed by atoms with Crippen LogP contribution in [0.25, 0.3) is 0 Å². The smallest absolute Gasteiger partial charge is 0.338 e. The van der Waals surface area contributed by atoms with Gasteiger partial charge in [-0.1, -0.05) is 65.8 Å². The summed E-state index contributed by atoms with van der Waals surface area (Å²) in [5.74, 6) is 0.182. The van der Waals surface area contributed by atoms with Crippen molar-refractivity contribution in [3.8, 4) is 0 Å². The molecule has 0 bridgehead atoms. The molecule has 2 heterocycles. The lowest BCUT2D eigenvalue weighted by molar-refractivity contribution is -0.139. The number of carbonyl (C=O) groups is 1. The molecule has 0 spiro atoms. The van der Waals surface area contributed by atoms with Crippen molar-refractivity contribution >= 4 is 27.8 Å². The lowest BCUT2D eigenvalue weighted by Gasteiger charge is -2.27. The second-order valence-corrected chi connectivity index (χ2v) is 7.53. The van der Waals surface area contributed by atoms with Gasteiger partial charge in [0.25, 0.3) is 0 Å². The van der Waals surface area contributed by atoms with Gasteiger partial charge in [-0.25, -0.2) is 4.79 Å². The Morgan fingerprint density at radius 3 is 2.70 bits per heavy atom. The number of aromatic nitrogens is 4. The van der Waals surface area contributed by atoms with Crippen LogP contribution in [0.1, 0.15) is 57.6 Å². The van der Waals surface area contributed by atoms with Crippen molar-refractivity contribution in [3.05, 3.63) is 45.6 Å². The van der Waals surface area contributed by atoms with Gasteiger partial charge in [-0.2, -0.15) is 4.68 Å². The van der Waals surface area contributed by atoms with E-state index < -0.39 is 6.04 Å². The van der Waals surface area contributed by atoms with Gasteiger partial charge >= 0.3 is 5.97 Å². The molecule has 1 aliphatic rings. The standard InChI is InChI=1S/C19H24BrN5O2/c1-3-4-5-6-7-12-27-18(26)16-13(2)21-19-22-23-24-25(19)17(16)14-8-10-15(20)11-9-14/h8-11,17H,3-7,12H2,1-2H3,(H,21,22,24)/t17-/m1/s1. The highest BCUT2D eigenvalue weighted by atomic mass is 79.9. The minimum absolute atomic E-state index is 0.329. The fourth-order valence-electron chi connectivity index (χ4n) is 3.18. The van der Waals surface area contributed by atoms with Gasteiger partial charge < -0.3 is 10.1 Å². The number of anilines is 1. The van der Waals surface area contributed by atoms with Crippen LogP contribution in [0.15, 0.2) is 40.0 Å². The summed E-state index contributed by atoms with van der Waals surface area (Å²) in [6, 6.07) is 7.37. The second-order valence-electron chi connectivity index (χ2n) is 6.61. The van der Waals surface area contributed by atoms with Crippen molar-refractivity contribution in [3.63, 3.8) is 0 Å². The maximum Gasteiger partial charge on any atom is 0.338 e. The van der Waals surface area contributed by atoms with E-state index in [-0.39, 0.29) is 5.97 Å². The maximum absolute atomic E-state index is 12.9. The Kier molecular flexibility index (Phi) is 6.60. The summed E-state index contributed by atoms with van der Waals surface area (Å²) in [7, 11) is 0. The molecule has 0 fully saturated rings. The number of carbonyl (C=O) groups excluding carboxylic acids is 1. The molecule has 1 aliphatic heterocycles. The van der Waals surface area contributed by atoms with Gasteiger partial charge in [0.2, 0.25) is 5.95 Å². The predicted octanol–water partition coefficient (Wildman–Crippen LogP) is 4.24. The lowest BCUT2D eigenvalue weighted by atomic mass is 9.96. The number of hydrogen-bond acceptors (Lipinski definition) is 6. The summed E-state index contributed by atoms with van der Waals surface area (Å²) in [4.78, 5) is 12.9. The zero-order valence-electron chi connectivity index (χ0n) is 15.6. The van der Waals surface area contributed by atoms with Crippen LogP contribution in [0.5, 0.6) is 0 Å². The molecule has 1 aromatic carbocycles. The number of esters is 1. The zero-order valence-corrected chi connectivity index (χ0v) is 17.2. The van der Waals surface area contributed by atoms with Gasteiger partial charge in [-0.15, -0.1) is 0 Å². The molecule has 0 saturated carbocycles. The predicted molar refractivity (Wildman–Crippen MR) is 106 cm³/mol. The van der Waals surface area contributed by atoms with E-state index in [2.05, 4.69) is 43.7 Å². The van der Waals surface area contributed by atoms with Crippen LogP contribution in [0.2, 0.25) is 0 Å². The Morgan fingerprint density at radius 1 is 1.22 bits per heavy atom. The number of fused-ring (bicyclic) bond motifs is 1. The third-order valence-corrected chi connectivity index (χ3v) is 5.13. The molecule has 2 aromatic rings. The molecular formula is C19H24BrN5O2. The molecule has 1 atom stereocenters. The van der Waals surface area contributed by atoms with Crippen molar-refractivity contribution in [1.82, 2.24) is 20.2 Å². The number of hydrogen-bond donors (Lipinski definition) is 1. The lowest BCUT2D eigenvalue weighted by Crippen LogP contribution is -2.29. The van der Waals surface area contributed by atoms with Crippen LogP contribution < -0.4 is 5.32 Å². The average molecular weight is 434 g/mol. The highest BCUT2D eigenvalue weighted by Crippen LogP contribution is 2.35. The summed E-state index contributed by atoms with van der Waals surface area (Å²) in [6.07, 6.45) is 5.54. The zero-order chi connectivity index (χ0) is 19.2. The Hall–Kier alpha value is -2.22. The van der Waals surface area contributed by atoms with Gasteiger partial charge in [0.1, 0.15) is 6.04 Å².